The van der Waals surface area contributed by atoms with Crippen molar-refractivity contribution in [3.05, 3.63) is 0 Å². The minimum absolute atomic E-state index is 0. The SMILES string of the molecule is [NH4+].[NH4+].[NH4+].[NH4+].[NH4+].[NH4+].[NH4+].[NH4+].[NH4+].[NH4+].[NH4+].[NH4+].[NH4+].[NH4+].[NH4+].[O-][O][Ti]([O-])([O-])[F].[O-][O][Ti]([O-])([O-])[F].[O-][O][Ti]([O-])([O-])[F].[O-][O][Ti]([O-])([O-])[F].[O-][O][Ti]([O-])([O-])[F]. The van der Waals surface area contributed by atoms with Gasteiger partial charge in [-0.3, -0.25) is 0 Å². The molecule has 0 rings (SSSR count). The summed E-state index contributed by atoms with van der Waals surface area (Å²) in [5, 5.41) is 42.7. The molecule has 0 atom stereocenters. The molecule has 0 saturated heterocycles. The summed E-state index contributed by atoms with van der Waals surface area (Å²) >= 11 is -30.5. The maximum absolute atomic E-state index is 10.7. The van der Waals surface area contributed by atoms with Crippen molar-refractivity contribution in [2.45, 2.75) is 0 Å². The second-order valence-electron chi connectivity index (χ2n) is 2.82. The Bertz CT molecular complexity index is 309. The van der Waals surface area contributed by atoms with Crippen molar-refractivity contribution in [1.82, 2.24) is 92.3 Å². The van der Waals surface area contributed by atoms with Gasteiger partial charge in [0.15, 0.2) is 0 Å². The minimum atomic E-state index is -6.10. The van der Waals surface area contributed by atoms with Crippen LogP contribution in [0.4, 0.5) is 15.5 Å². The molecule has 0 aromatic heterocycles. The predicted octanol–water partition coefficient (Wildman–Crippen LogP) is -10.4. The molecule has 0 unspecified atom stereocenters. The van der Waals surface area contributed by atoms with E-state index < -0.39 is 91.4 Å². The van der Waals surface area contributed by atoms with E-state index in [1.54, 1.807) is 0 Å². The summed E-state index contributed by atoms with van der Waals surface area (Å²) in [6.07, 6.45) is 0. The molecule has 0 amide bonds. The van der Waals surface area contributed by atoms with E-state index in [-0.39, 0.29) is 92.3 Å². The molecule has 0 aliphatic carbocycles. The van der Waals surface area contributed by atoms with Crippen molar-refractivity contribution in [1.29, 1.82) is 0 Å². The molecule has 0 aromatic carbocycles. The summed E-state index contributed by atoms with van der Waals surface area (Å²) in [6.45, 7) is 0. The quantitative estimate of drug-likeness (QED) is 0.0527. The van der Waals surface area contributed by atoms with Crippen molar-refractivity contribution >= 4 is 0 Å². The molecule has 45 heavy (non-hydrogen) atoms. The molecule has 0 aliphatic heterocycles. The topological polar surface area (TPSA) is 940 Å². The van der Waals surface area contributed by atoms with Crippen molar-refractivity contribution in [3.63, 3.8) is 0 Å². The fourth-order valence-corrected chi connectivity index (χ4v) is 0. The first-order valence-corrected chi connectivity index (χ1v) is 17.4. The van der Waals surface area contributed by atoms with Crippen LogP contribution in [0.2, 0.25) is 0 Å². The van der Waals surface area contributed by atoms with Gasteiger partial charge in [-0.1, -0.05) is 0 Å². The van der Waals surface area contributed by atoms with Crippen molar-refractivity contribution in [2.75, 3.05) is 0 Å². The van der Waals surface area contributed by atoms with Crippen LogP contribution in [0, 0.1) is 0 Å². The summed E-state index contributed by atoms with van der Waals surface area (Å²) in [7, 11) is 0. The van der Waals surface area contributed by atoms with Crippen LogP contribution in [0.5, 0.6) is 0 Å². The third-order valence-corrected chi connectivity index (χ3v) is 2.05. The van der Waals surface area contributed by atoms with E-state index in [1.165, 1.54) is 0 Å². The molecule has 45 heteroatoms. The molecule has 0 aromatic rings. The van der Waals surface area contributed by atoms with Crippen LogP contribution >= 0.6 is 0 Å². The number of halogens is 5. The van der Waals surface area contributed by atoms with Crippen molar-refractivity contribution in [3.8, 4) is 0 Å². The summed E-state index contributed by atoms with van der Waals surface area (Å²) < 4.78 is 153. The van der Waals surface area contributed by atoms with Crippen LogP contribution in [-0.4, -0.2) is 0 Å². The summed E-state index contributed by atoms with van der Waals surface area (Å²) in [5.41, 5.74) is 0. The predicted molar refractivity (Wildman–Crippen MR) is 101 cm³/mol. The molecule has 60 N–H and O–H groups in total. The maximum atomic E-state index is 10.7. The monoisotopic (exact) mass is 925 g/mol. The van der Waals surface area contributed by atoms with Gasteiger partial charge in [0.25, 0.3) is 0 Å². The van der Waals surface area contributed by atoms with Crippen LogP contribution in [0.3, 0.4) is 0 Å². The van der Waals surface area contributed by atoms with E-state index in [1.807, 2.05) is 0 Å². The Kier molecular flexibility index (Phi) is 206. The molecule has 0 aliphatic rings. The number of quaternary nitrogens is 15. The Morgan fingerprint density at radius 1 is 0.222 bits per heavy atom. The van der Waals surface area contributed by atoms with Crippen molar-refractivity contribution in [2.24, 2.45) is 0 Å². The van der Waals surface area contributed by atoms with Gasteiger partial charge in [-0.05, 0) is 0 Å². The zero-order valence-electron chi connectivity index (χ0n) is 27.6. The first-order chi connectivity index (χ1) is 12.8. The molecular formula is H60F5N15O20Ti5. The molecule has 0 saturated carbocycles. The number of rotatable bonds is 5. The average molecular weight is 925 g/mol. The first kappa shape index (κ1) is 137. The molecule has 0 radical (unpaired) electrons. The summed E-state index contributed by atoms with van der Waals surface area (Å²) in [6, 6.07) is 0. The molecule has 35 nitrogen and oxygen atoms in total. The van der Waals surface area contributed by atoms with Crippen LogP contribution in [0.15, 0.2) is 0 Å². The Morgan fingerprint density at radius 3 is 0.244 bits per heavy atom. The second kappa shape index (κ2) is 67.9. The van der Waals surface area contributed by atoms with Gasteiger partial charge in [-0.15, -0.1) is 0 Å². The molecule has 0 heterocycles. The summed E-state index contributed by atoms with van der Waals surface area (Å²) in [5.74, 6) is 0. The van der Waals surface area contributed by atoms with Crippen LogP contribution in [0.25, 0.3) is 0 Å². The Morgan fingerprint density at radius 2 is 0.244 bits per heavy atom. The van der Waals surface area contributed by atoms with Crippen LogP contribution in [-0.2, 0) is 109 Å². The molecular weight excluding hydrogens is 864 g/mol. The van der Waals surface area contributed by atoms with E-state index in [9.17, 15) is 15.5 Å². The van der Waals surface area contributed by atoms with Crippen LogP contribution < -0.4 is 155 Å². The van der Waals surface area contributed by atoms with E-state index in [4.69, 9.17) is 63.2 Å². The fraction of sp³-hybridized carbons (Fsp3) is 0. The van der Waals surface area contributed by atoms with Crippen molar-refractivity contribution < 1.29 is 187 Å². The standard InChI is InChI=1S/5FH.15H3N.5O2.10O.5Ti/c;;;;;;;;;;;;;;;;;;;;5*1-2;;;;;;;;;;;;;;;/h5*1H;15*1H3;;;;;;;;;;;;;;;;;;;;/q;;;;;;;;;;;;;;;;;;;;5*-2;10*-1;5*+2/p+10. The van der Waals surface area contributed by atoms with E-state index in [0.717, 1.165) is 0 Å². The summed E-state index contributed by atoms with van der Waals surface area (Å²) in [4.78, 5) is 0. The Labute approximate surface area is 277 Å². The third kappa shape index (κ3) is 311. The van der Waals surface area contributed by atoms with Crippen LogP contribution in [0.1, 0.15) is 0 Å². The zero-order chi connectivity index (χ0) is 26.0. The fourth-order valence-electron chi connectivity index (χ4n) is 0. The van der Waals surface area contributed by atoms with E-state index >= 15 is 0 Å². The van der Waals surface area contributed by atoms with Gasteiger partial charge < -0.3 is 92.3 Å². The molecule has 0 fully saturated rings. The first-order valence-electron chi connectivity index (χ1n) is 4.84. The number of hydrogen-bond acceptors (Lipinski definition) is 20. The Balaban J connectivity index is -0.00000000890. The van der Waals surface area contributed by atoms with Gasteiger partial charge in [0.1, 0.15) is 0 Å². The molecule has 0 spiro atoms. The average Bonchev–Trinajstić information content (AvgIpc) is 2.54. The zero-order valence-corrected chi connectivity index (χ0v) is 35.4. The van der Waals surface area contributed by atoms with Gasteiger partial charge >= 0.3 is 187 Å². The van der Waals surface area contributed by atoms with Gasteiger partial charge in [0.05, 0.1) is 0 Å². The normalized spacial score (nSPS) is 8.00. The van der Waals surface area contributed by atoms with Gasteiger partial charge in [0, 0.05) is 0 Å². The van der Waals surface area contributed by atoms with Gasteiger partial charge in [-0.2, -0.15) is 0 Å². The molecule has 310 valence electrons. The van der Waals surface area contributed by atoms with Gasteiger partial charge in [0.2, 0.25) is 0 Å². The van der Waals surface area contributed by atoms with E-state index in [0.29, 0.717) is 0 Å². The molecule has 0 bridgehead atoms. The second-order valence-corrected chi connectivity index (χ2v) is 11.6. The van der Waals surface area contributed by atoms with E-state index in [2.05, 4.69) is 17.3 Å². The Hall–Kier alpha value is 1.82. The number of hydrogen-bond donors (Lipinski definition) is 15. The van der Waals surface area contributed by atoms with Gasteiger partial charge in [-0.25, -0.2) is 0 Å². The third-order valence-electron chi connectivity index (χ3n) is 0.498.